The van der Waals surface area contributed by atoms with Gasteiger partial charge in [-0.3, -0.25) is 9.59 Å². The number of hydrogen-bond acceptors (Lipinski definition) is 3. The van der Waals surface area contributed by atoms with Crippen molar-refractivity contribution in [3.8, 4) is 0 Å². The van der Waals surface area contributed by atoms with Gasteiger partial charge in [-0.25, -0.2) is 0 Å². The molecular formula is C20H22N2O3. The Labute approximate surface area is 147 Å². The molecule has 0 bridgehead atoms. The van der Waals surface area contributed by atoms with Gasteiger partial charge in [-0.15, -0.1) is 0 Å². The molecule has 1 fully saturated rings. The minimum atomic E-state index is -0.107. The van der Waals surface area contributed by atoms with E-state index in [1.165, 1.54) is 6.92 Å². The van der Waals surface area contributed by atoms with Crippen LogP contribution in [0.25, 0.3) is 0 Å². The zero-order valence-electron chi connectivity index (χ0n) is 14.3. The predicted octanol–water partition coefficient (Wildman–Crippen LogP) is 2.79. The van der Waals surface area contributed by atoms with Crippen molar-refractivity contribution in [1.29, 1.82) is 0 Å². The second-order valence-corrected chi connectivity index (χ2v) is 6.16. The highest BCUT2D eigenvalue weighted by molar-refractivity contribution is 5.88. The van der Waals surface area contributed by atoms with Crippen LogP contribution in [0.5, 0.6) is 0 Å². The number of hydrogen-bond donors (Lipinski definition) is 1. The molecule has 2 amide bonds. The summed E-state index contributed by atoms with van der Waals surface area (Å²) in [5.41, 5.74) is 2.76. The van der Waals surface area contributed by atoms with Gasteiger partial charge >= 0.3 is 0 Å². The molecule has 1 atom stereocenters. The average Bonchev–Trinajstić information content (AvgIpc) is 2.64. The Kier molecular flexibility index (Phi) is 5.46. The zero-order chi connectivity index (χ0) is 17.6. The van der Waals surface area contributed by atoms with Crippen LogP contribution in [0.3, 0.4) is 0 Å². The van der Waals surface area contributed by atoms with Crippen LogP contribution in [0.1, 0.15) is 24.2 Å². The first-order valence-corrected chi connectivity index (χ1v) is 8.42. The number of nitrogens with zero attached hydrogens (tertiary/aromatic N) is 1. The number of benzene rings is 2. The van der Waals surface area contributed by atoms with Crippen LogP contribution in [-0.4, -0.2) is 36.4 Å². The van der Waals surface area contributed by atoms with Crippen LogP contribution in [0, 0.1) is 0 Å². The van der Waals surface area contributed by atoms with Gasteiger partial charge in [0.25, 0.3) is 0 Å². The number of amides is 2. The van der Waals surface area contributed by atoms with E-state index in [0.29, 0.717) is 26.1 Å². The van der Waals surface area contributed by atoms with E-state index < -0.39 is 0 Å². The quantitative estimate of drug-likeness (QED) is 0.932. The number of carbonyl (C=O) groups is 2. The molecule has 0 spiro atoms. The van der Waals surface area contributed by atoms with Gasteiger partial charge in [0.2, 0.25) is 11.8 Å². The van der Waals surface area contributed by atoms with Crippen LogP contribution in [0.4, 0.5) is 5.69 Å². The fourth-order valence-corrected chi connectivity index (χ4v) is 2.94. The summed E-state index contributed by atoms with van der Waals surface area (Å²) in [6, 6.07) is 17.4. The first-order chi connectivity index (χ1) is 12.1. The van der Waals surface area contributed by atoms with Crippen LogP contribution in [-0.2, 0) is 20.7 Å². The van der Waals surface area contributed by atoms with Crippen molar-refractivity contribution in [2.45, 2.75) is 19.4 Å². The van der Waals surface area contributed by atoms with Crippen LogP contribution in [0.15, 0.2) is 54.6 Å². The largest absolute Gasteiger partial charge is 0.370 e. The predicted molar refractivity (Wildman–Crippen MR) is 96.2 cm³/mol. The van der Waals surface area contributed by atoms with Gasteiger partial charge in [0.1, 0.15) is 6.10 Å². The van der Waals surface area contributed by atoms with Crippen LogP contribution in [0.2, 0.25) is 0 Å². The van der Waals surface area contributed by atoms with Gasteiger partial charge < -0.3 is 15.0 Å². The number of morpholine rings is 1. The molecule has 1 aliphatic rings. The SMILES string of the molecule is CC(=O)Nc1ccc(CC(=O)N2CCO[C@H](c3ccccc3)C2)cc1. The first-order valence-electron chi connectivity index (χ1n) is 8.42. The molecule has 1 aliphatic heterocycles. The van der Waals surface area contributed by atoms with Crippen LogP contribution >= 0.6 is 0 Å². The lowest BCUT2D eigenvalue weighted by Crippen LogP contribution is -2.42. The molecule has 5 nitrogen and oxygen atoms in total. The fraction of sp³-hybridized carbons (Fsp3) is 0.300. The number of rotatable bonds is 4. The van der Waals surface area contributed by atoms with E-state index in [4.69, 9.17) is 4.74 Å². The second kappa shape index (κ2) is 7.94. The number of nitrogens with one attached hydrogen (secondary N) is 1. The molecule has 1 N–H and O–H groups in total. The van der Waals surface area contributed by atoms with Crippen molar-refractivity contribution >= 4 is 17.5 Å². The molecule has 1 saturated heterocycles. The molecule has 130 valence electrons. The zero-order valence-corrected chi connectivity index (χ0v) is 14.3. The molecule has 0 aliphatic carbocycles. The van der Waals surface area contributed by atoms with E-state index in [1.54, 1.807) is 0 Å². The third-order valence-electron chi connectivity index (χ3n) is 4.22. The van der Waals surface area contributed by atoms with Crippen molar-refractivity contribution in [3.05, 3.63) is 65.7 Å². The minimum absolute atomic E-state index is 0.0685. The molecule has 2 aromatic rings. The van der Waals surface area contributed by atoms with E-state index in [-0.39, 0.29) is 17.9 Å². The standard InChI is InChI=1S/C20H22N2O3/c1-15(23)21-18-9-7-16(8-10-18)13-20(24)22-11-12-25-19(14-22)17-5-3-2-4-6-17/h2-10,19H,11-14H2,1H3,(H,21,23)/t19-/m0/s1. The summed E-state index contributed by atoms with van der Waals surface area (Å²) < 4.78 is 5.81. The molecule has 0 aromatic heterocycles. The van der Waals surface area contributed by atoms with Gasteiger partial charge in [-0.1, -0.05) is 42.5 Å². The summed E-state index contributed by atoms with van der Waals surface area (Å²) in [5, 5.41) is 2.72. The van der Waals surface area contributed by atoms with Crippen molar-refractivity contribution in [2.75, 3.05) is 25.0 Å². The Hall–Kier alpha value is -2.66. The first kappa shape index (κ1) is 17.2. The number of anilines is 1. The van der Waals surface area contributed by atoms with Crippen molar-refractivity contribution in [1.82, 2.24) is 4.90 Å². The Morgan fingerprint density at radius 1 is 1.12 bits per heavy atom. The maximum Gasteiger partial charge on any atom is 0.227 e. The summed E-state index contributed by atoms with van der Waals surface area (Å²) in [5.74, 6) is -0.0133. The number of carbonyl (C=O) groups excluding carboxylic acids is 2. The van der Waals surface area contributed by atoms with E-state index in [1.807, 2.05) is 59.5 Å². The third-order valence-corrected chi connectivity index (χ3v) is 4.22. The fourth-order valence-electron chi connectivity index (χ4n) is 2.94. The smallest absolute Gasteiger partial charge is 0.227 e. The lowest BCUT2D eigenvalue weighted by atomic mass is 10.1. The monoisotopic (exact) mass is 338 g/mol. The Morgan fingerprint density at radius 2 is 1.84 bits per heavy atom. The van der Waals surface area contributed by atoms with E-state index in [0.717, 1.165) is 16.8 Å². The van der Waals surface area contributed by atoms with E-state index in [2.05, 4.69) is 5.32 Å². The second-order valence-electron chi connectivity index (χ2n) is 6.16. The topological polar surface area (TPSA) is 58.6 Å². The summed E-state index contributed by atoms with van der Waals surface area (Å²) in [7, 11) is 0. The Morgan fingerprint density at radius 3 is 2.52 bits per heavy atom. The summed E-state index contributed by atoms with van der Waals surface area (Å²) in [6.45, 7) is 3.21. The normalized spacial score (nSPS) is 17.2. The van der Waals surface area contributed by atoms with Crippen LogP contribution < -0.4 is 5.32 Å². The maximum atomic E-state index is 12.6. The van der Waals surface area contributed by atoms with Gasteiger partial charge in [0.05, 0.1) is 19.6 Å². The van der Waals surface area contributed by atoms with Crippen molar-refractivity contribution in [2.24, 2.45) is 0 Å². The molecule has 0 unspecified atom stereocenters. The molecule has 25 heavy (non-hydrogen) atoms. The molecule has 3 rings (SSSR count). The Bertz CT molecular complexity index is 728. The minimum Gasteiger partial charge on any atom is -0.370 e. The third kappa shape index (κ3) is 4.67. The molecule has 2 aromatic carbocycles. The van der Waals surface area contributed by atoms with E-state index in [9.17, 15) is 9.59 Å². The van der Waals surface area contributed by atoms with E-state index >= 15 is 0 Å². The maximum absolute atomic E-state index is 12.6. The Balaban J connectivity index is 1.60. The van der Waals surface area contributed by atoms with Gasteiger partial charge in [0, 0.05) is 19.2 Å². The molecule has 1 heterocycles. The highest BCUT2D eigenvalue weighted by atomic mass is 16.5. The average molecular weight is 338 g/mol. The molecule has 0 radical (unpaired) electrons. The number of ether oxygens (including phenoxy) is 1. The van der Waals surface area contributed by atoms with Crippen molar-refractivity contribution < 1.29 is 14.3 Å². The van der Waals surface area contributed by atoms with Gasteiger partial charge in [-0.05, 0) is 23.3 Å². The summed E-state index contributed by atoms with van der Waals surface area (Å²) in [4.78, 5) is 25.5. The lowest BCUT2D eigenvalue weighted by Gasteiger charge is -2.33. The lowest BCUT2D eigenvalue weighted by molar-refractivity contribution is -0.138. The highest BCUT2D eigenvalue weighted by Crippen LogP contribution is 2.22. The molecule has 0 saturated carbocycles. The van der Waals surface area contributed by atoms with Gasteiger partial charge in [0.15, 0.2) is 0 Å². The van der Waals surface area contributed by atoms with Gasteiger partial charge in [-0.2, -0.15) is 0 Å². The van der Waals surface area contributed by atoms with Crippen molar-refractivity contribution in [3.63, 3.8) is 0 Å². The highest BCUT2D eigenvalue weighted by Gasteiger charge is 2.25. The molecule has 5 heteroatoms. The molecular weight excluding hydrogens is 316 g/mol. The summed E-state index contributed by atoms with van der Waals surface area (Å²) >= 11 is 0. The summed E-state index contributed by atoms with van der Waals surface area (Å²) in [6.07, 6.45) is 0.281.